The number of hydrogen-bond acceptors (Lipinski definition) is 4. The third kappa shape index (κ3) is 4.64. The smallest absolute Gasteiger partial charge is 0.277 e. The van der Waals surface area contributed by atoms with Gasteiger partial charge in [0.25, 0.3) is 5.91 Å². The van der Waals surface area contributed by atoms with Crippen molar-refractivity contribution >= 4 is 57.8 Å². The number of nitrogens with one attached hydrogen (secondary N) is 1. The number of pyridine rings is 1. The summed E-state index contributed by atoms with van der Waals surface area (Å²) in [5.74, 6) is -0.173. The molecule has 26 heavy (non-hydrogen) atoms. The highest BCUT2D eigenvalue weighted by Crippen LogP contribution is 2.33. The van der Waals surface area contributed by atoms with Crippen LogP contribution in [0.15, 0.2) is 53.8 Å². The lowest BCUT2D eigenvalue weighted by molar-refractivity contribution is -0.123. The molecule has 0 bridgehead atoms. The Balaban J connectivity index is 1.56. The van der Waals surface area contributed by atoms with Crippen LogP contribution in [0.3, 0.4) is 0 Å². The minimum Gasteiger partial charge on any atom is -0.482 e. The van der Waals surface area contributed by atoms with E-state index < -0.39 is 5.91 Å². The summed E-state index contributed by atoms with van der Waals surface area (Å²) in [6, 6.07) is 12.4. The number of fused-ring (bicyclic) bond motifs is 1. The summed E-state index contributed by atoms with van der Waals surface area (Å²) in [5, 5.41) is 5.76. The predicted molar refractivity (Wildman–Crippen MR) is 104 cm³/mol. The fraction of sp³-hybridized carbons (Fsp3) is 0.0556. The molecule has 132 valence electrons. The summed E-state index contributed by atoms with van der Waals surface area (Å²) in [5.41, 5.74) is 4.10. The van der Waals surface area contributed by atoms with Gasteiger partial charge in [-0.25, -0.2) is 5.43 Å². The Hall–Kier alpha value is -2.34. The highest BCUT2D eigenvalue weighted by molar-refractivity contribution is 6.43. The molecule has 1 amide bonds. The predicted octanol–water partition coefficient (Wildman–Crippen LogP) is 4.72. The first-order chi connectivity index (χ1) is 12.5. The van der Waals surface area contributed by atoms with Crippen LogP contribution in [0.1, 0.15) is 5.56 Å². The number of rotatable bonds is 5. The Morgan fingerprint density at radius 1 is 1.12 bits per heavy atom. The number of ether oxygens (including phenoxy) is 1. The van der Waals surface area contributed by atoms with Gasteiger partial charge >= 0.3 is 0 Å². The van der Waals surface area contributed by atoms with Crippen LogP contribution in [-0.4, -0.2) is 23.7 Å². The molecule has 0 atom stereocenters. The normalized spacial score (nSPS) is 11.0. The molecular formula is C18H12Cl3N3O2. The number of benzene rings is 2. The van der Waals surface area contributed by atoms with E-state index in [9.17, 15) is 4.79 Å². The summed E-state index contributed by atoms with van der Waals surface area (Å²) in [6.07, 6.45) is 3.27. The van der Waals surface area contributed by atoms with Crippen molar-refractivity contribution in [1.82, 2.24) is 10.4 Å². The van der Waals surface area contributed by atoms with Gasteiger partial charge in [0, 0.05) is 17.6 Å². The van der Waals surface area contributed by atoms with Gasteiger partial charge in [0.05, 0.1) is 26.8 Å². The number of carbonyl (C=O) groups is 1. The zero-order chi connectivity index (χ0) is 18.5. The lowest BCUT2D eigenvalue weighted by atomic mass is 10.1. The van der Waals surface area contributed by atoms with Gasteiger partial charge in [-0.15, -0.1) is 0 Å². The van der Waals surface area contributed by atoms with E-state index >= 15 is 0 Å². The fourth-order valence-corrected chi connectivity index (χ4v) is 2.74. The summed E-state index contributed by atoms with van der Waals surface area (Å²) in [7, 11) is 0. The Kier molecular flexibility index (Phi) is 5.93. The quantitative estimate of drug-likeness (QED) is 0.377. The Labute approximate surface area is 164 Å². The summed E-state index contributed by atoms with van der Waals surface area (Å²) in [6.45, 7) is -0.267. The lowest BCUT2D eigenvalue weighted by Crippen LogP contribution is -2.24. The Bertz CT molecular complexity index is 993. The van der Waals surface area contributed by atoms with Crippen LogP contribution < -0.4 is 10.2 Å². The van der Waals surface area contributed by atoms with Crippen LogP contribution in [-0.2, 0) is 4.79 Å². The van der Waals surface area contributed by atoms with Crippen molar-refractivity contribution in [1.29, 1.82) is 0 Å². The van der Waals surface area contributed by atoms with Crippen molar-refractivity contribution in [2.75, 3.05) is 6.61 Å². The van der Waals surface area contributed by atoms with Gasteiger partial charge < -0.3 is 4.74 Å². The van der Waals surface area contributed by atoms with Crippen molar-refractivity contribution in [2.24, 2.45) is 5.10 Å². The van der Waals surface area contributed by atoms with Crippen molar-refractivity contribution in [3.05, 3.63) is 69.3 Å². The lowest BCUT2D eigenvalue weighted by Gasteiger charge is -2.08. The molecule has 0 unspecified atom stereocenters. The van der Waals surface area contributed by atoms with Crippen LogP contribution in [0.4, 0.5) is 0 Å². The van der Waals surface area contributed by atoms with Crippen LogP contribution in [0.5, 0.6) is 5.75 Å². The van der Waals surface area contributed by atoms with E-state index in [2.05, 4.69) is 15.5 Å². The van der Waals surface area contributed by atoms with E-state index in [1.165, 1.54) is 18.3 Å². The molecule has 3 aromatic rings. The molecule has 0 aliphatic carbocycles. The van der Waals surface area contributed by atoms with E-state index in [1.54, 1.807) is 6.20 Å². The van der Waals surface area contributed by atoms with E-state index in [4.69, 9.17) is 39.5 Å². The second-order valence-electron chi connectivity index (χ2n) is 5.23. The number of hydrogen-bond donors (Lipinski definition) is 1. The standard InChI is InChI=1S/C18H12Cl3N3O2/c19-13-7-15(21)17(8-14(13)20)26-10-18(25)24-23-9-11-3-4-16-12(6-11)2-1-5-22-16/h1-9H,10H2,(H,24,25)/b23-9-. The SMILES string of the molecule is O=C(COc1cc(Cl)c(Cl)cc1Cl)N/N=C\c1ccc2ncccc2c1. The zero-order valence-corrected chi connectivity index (χ0v) is 15.5. The first-order valence-electron chi connectivity index (χ1n) is 7.47. The molecule has 8 heteroatoms. The number of nitrogens with zero attached hydrogens (tertiary/aromatic N) is 2. The topological polar surface area (TPSA) is 63.6 Å². The maximum absolute atomic E-state index is 11.8. The highest BCUT2D eigenvalue weighted by atomic mass is 35.5. The van der Waals surface area contributed by atoms with Crippen molar-refractivity contribution < 1.29 is 9.53 Å². The van der Waals surface area contributed by atoms with Crippen molar-refractivity contribution in [3.63, 3.8) is 0 Å². The molecule has 5 nitrogen and oxygen atoms in total. The van der Waals surface area contributed by atoms with Gasteiger partial charge in [0.15, 0.2) is 6.61 Å². The Morgan fingerprint density at radius 3 is 2.77 bits per heavy atom. The minimum atomic E-state index is -0.439. The monoisotopic (exact) mass is 407 g/mol. The first-order valence-corrected chi connectivity index (χ1v) is 8.60. The third-order valence-electron chi connectivity index (χ3n) is 3.36. The third-order valence-corrected chi connectivity index (χ3v) is 4.38. The average Bonchev–Trinajstić information content (AvgIpc) is 2.63. The van der Waals surface area contributed by atoms with Gasteiger partial charge in [0.2, 0.25) is 0 Å². The highest BCUT2D eigenvalue weighted by Gasteiger charge is 2.09. The molecule has 0 aliphatic heterocycles. The second-order valence-corrected chi connectivity index (χ2v) is 6.46. The molecule has 0 radical (unpaired) electrons. The first kappa shape index (κ1) is 18.5. The van der Waals surface area contributed by atoms with Crippen molar-refractivity contribution in [2.45, 2.75) is 0 Å². The maximum atomic E-state index is 11.8. The summed E-state index contributed by atoms with van der Waals surface area (Å²) < 4.78 is 5.33. The number of halogens is 3. The van der Waals surface area contributed by atoms with Crippen LogP contribution >= 0.6 is 34.8 Å². The molecule has 1 N–H and O–H groups in total. The molecule has 1 aromatic heterocycles. The molecule has 0 spiro atoms. The molecule has 0 fully saturated rings. The van der Waals surface area contributed by atoms with Gasteiger partial charge in [-0.3, -0.25) is 9.78 Å². The second kappa shape index (κ2) is 8.36. The van der Waals surface area contributed by atoms with E-state index in [1.807, 2.05) is 30.3 Å². The molecule has 2 aromatic carbocycles. The summed E-state index contributed by atoms with van der Waals surface area (Å²) >= 11 is 17.7. The number of hydrazone groups is 1. The van der Waals surface area contributed by atoms with Crippen LogP contribution in [0, 0.1) is 0 Å². The average molecular weight is 409 g/mol. The van der Waals surface area contributed by atoms with Crippen molar-refractivity contribution in [3.8, 4) is 5.75 Å². The van der Waals surface area contributed by atoms with Gasteiger partial charge in [0.1, 0.15) is 5.75 Å². The summed E-state index contributed by atoms with van der Waals surface area (Å²) in [4.78, 5) is 16.1. The zero-order valence-electron chi connectivity index (χ0n) is 13.2. The van der Waals surface area contributed by atoms with Gasteiger partial charge in [-0.2, -0.15) is 5.10 Å². The molecular weight excluding hydrogens is 397 g/mol. The maximum Gasteiger partial charge on any atom is 0.277 e. The van der Waals surface area contributed by atoms with Crippen LogP contribution in [0.25, 0.3) is 10.9 Å². The minimum absolute atomic E-state index is 0.264. The molecule has 0 aliphatic rings. The largest absolute Gasteiger partial charge is 0.482 e. The van der Waals surface area contributed by atoms with Gasteiger partial charge in [-0.1, -0.05) is 46.9 Å². The van der Waals surface area contributed by atoms with E-state index in [0.29, 0.717) is 5.02 Å². The van der Waals surface area contributed by atoms with E-state index in [-0.39, 0.29) is 22.4 Å². The van der Waals surface area contributed by atoms with Gasteiger partial charge in [-0.05, 0) is 29.8 Å². The molecule has 3 rings (SSSR count). The molecule has 1 heterocycles. The van der Waals surface area contributed by atoms with E-state index in [0.717, 1.165) is 16.5 Å². The molecule has 0 saturated carbocycles. The number of carbonyl (C=O) groups excluding carboxylic acids is 1. The van der Waals surface area contributed by atoms with Crippen LogP contribution in [0.2, 0.25) is 15.1 Å². The molecule has 0 saturated heterocycles. The number of aromatic nitrogens is 1. The fourth-order valence-electron chi connectivity index (χ4n) is 2.14. The Morgan fingerprint density at radius 2 is 1.92 bits per heavy atom. The number of amides is 1.